The molecular formula is C31H25Cl2N5O2. The highest BCUT2D eigenvalue weighted by Crippen LogP contribution is 2.36. The van der Waals surface area contributed by atoms with Crippen molar-refractivity contribution >= 4 is 64.1 Å². The van der Waals surface area contributed by atoms with Gasteiger partial charge in [0.1, 0.15) is 11.5 Å². The number of halogens is 2. The first-order valence-electron chi connectivity index (χ1n) is 12.3. The van der Waals surface area contributed by atoms with Gasteiger partial charge in [-0.05, 0) is 107 Å². The van der Waals surface area contributed by atoms with Crippen molar-refractivity contribution in [3.05, 3.63) is 119 Å². The van der Waals surface area contributed by atoms with E-state index < -0.39 is 0 Å². The summed E-state index contributed by atoms with van der Waals surface area (Å²) in [6.45, 7) is 0. The quantitative estimate of drug-likeness (QED) is 0.178. The standard InChI is InChI=1S/C31H25Cl2N5O2/c1-39-27-17-13-25(14-18-27)38(26-15-19-28(40-2)20-16-26)24-11-7-22(8-12-24)4-3-21-5-9-23(10-6-21)34-31-36-29(32)35-30(33)37-31/h3-20H,1-2H3,(H,34,35,36,37)/b4-3+. The molecule has 0 saturated heterocycles. The Hall–Kier alpha value is -4.59. The van der Waals surface area contributed by atoms with Crippen LogP contribution in [0, 0.1) is 0 Å². The van der Waals surface area contributed by atoms with Crippen LogP contribution in [0.5, 0.6) is 11.5 Å². The third-order valence-electron chi connectivity index (χ3n) is 6.03. The van der Waals surface area contributed by atoms with E-state index >= 15 is 0 Å². The van der Waals surface area contributed by atoms with E-state index in [2.05, 4.69) is 61.6 Å². The Morgan fingerprint density at radius 1 is 0.575 bits per heavy atom. The van der Waals surface area contributed by atoms with Gasteiger partial charge in [0.15, 0.2) is 0 Å². The zero-order valence-electron chi connectivity index (χ0n) is 21.8. The molecule has 0 atom stereocenters. The van der Waals surface area contributed by atoms with E-state index in [-0.39, 0.29) is 16.5 Å². The van der Waals surface area contributed by atoms with E-state index in [1.165, 1.54) is 0 Å². The molecule has 40 heavy (non-hydrogen) atoms. The van der Waals surface area contributed by atoms with Gasteiger partial charge in [-0.3, -0.25) is 0 Å². The summed E-state index contributed by atoms with van der Waals surface area (Å²) in [7, 11) is 3.33. The van der Waals surface area contributed by atoms with Crippen LogP contribution in [0.25, 0.3) is 12.2 Å². The van der Waals surface area contributed by atoms with Crippen molar-refractivity contribution in [2.75, 3.05) is 24.4 Å². The normalized spacial score (nSPS) is 10.9. The number of benzene rings is 4. The topological polar surface area (TPSA) is 72.4 Å². The number of methoxy groups -OCH3 is 2. The molecule has 0 bridgehead atoms. The zero-order chi connectivity index (χ0) is 27.9. The minimum atomic E-state index is 0.0317. The fourth-order valence-corrected chi connectivity index (χ4v) is 4.39. The van der Waals surface area contributed by atoms with Crippen LogP contribution >= 0.6 is 23.2 Å². The molecule has 1 heterocycles. The summed E-state index contributed by atoms with van der Waals surface area (Å²) >= 11 is 11.7. The lowest BCUT2D eigenvalue weighted by Gasteiger charge is -2.26. The van der Waals surface area contributed by atoms with Gasteiger partial charge in [-0.2, -0.15) is 15.0 Å². The molecule has 0 saturated carbocycles. The monoisotopic (exact) mass is 569 g/mol. The highest BCUT2D eigenvalue weighted by molar-refractivity contribution is 6.31. The summed E-state index contributed by atoms with van der Waals surface area (Å²) < 4.78 is 10.7. The number of aromatic nitrogens is 3. The van der Waals surface area contributed by atoms with Crippen LogP contribution in [0.2, 0.25) is 10.6 Å². The summed E-state index contributed by atoms with van der Waals surface area (Å²) in [5.41, 5.74) is 5.98. The van der Waals surface area contributed by atoms with E-state index in [1.807, 2.05) is 72.8 Å². The Morgan fingerprint density at radius 2 is 0.975 bits per heavy atom. The molecule has 5 aromatic rings. The maximum absolute atomic E-state index is 5.85. The Kier molecular flexibility index (Phi) is 8.44. The Bertz CT molecular complexity index is 1520. The molecule has 5 rings (SSSR count). The Labute approximate surface area is 242 Å². The minimum Gasteiger partial charge on any atom is -0.497 e. The number of nitrogens with zero attached hydrogens (tertiary/aromatic N) is 4. The lowest BCUT2D eigenvalue weighted by molar-refractivity contribution is 0.415. The predicted molar refractivity (Wildman–Crippen MR) is 163 cm³/mol. The molecule has 0 spiro atoms. The first-order valence-corrected chi connectivity index (χ1v) is 13.1. The molecule has 0 aliphatic heterocycles. The molecule has 7 nitrogen and oxygen atoms in total. The molecule has 0 radical (unpaired) electrons. The second-order valence-electron chi connectivity index (χ2n) is 8.60. The SMILES string of the molecule is COc1ccc(N(c2ccc(/C=C/c3ccc(Nc4nc(Cl)nc(Cl)n4)cc3)cc2)c2ccc(OC)cc2)cc1. The average molecular weight is 570 g/mol. The molecule has 0 aliphatic carbocycles. The van der Waals surface area contributed by atoms with E-state index in [0.717, 1.165) is 45.4 Å². The van der Waals surface area contributed by atoms with E-state index in [9.17, 15) is 0 Å². The molecule has 200 valence electrons. The molecular weight excluding hydrogens is 545 g/mol. The van der Waals surface area contributed by atoms with Crippen molar-refractivity contribution in [2.24, 2.45) is 0 Å². The lowest BCUT2D eigenvalue weighted by atomic mass is 10.1. The lowest BCUT2D eigenvalue weighted by Crippen LogP contribution is -2.09. The molecule has 1 aromatic heterocycles. The van der Waals surface area contributed by atoms with Crippen LogP contribution in [0.3, 0.4) is 0 Å². The first-order chi connectivity index (χ1) is 19.5. The second kappa shape index (κ2) is 12.5. The van der Waals surface area contributed by atoms with Gasteiger partial charge in [0.05, 0.1) is 14.2 Å². The van der Waals surface area contributed by atoms with Crippen LogP contribution in [0.1, 0.15) is 11.1 Å². The van der Waals surface area contributed by atoms with Gasteiger partial charge < -0.3 is 19.7 Å². The number of hydrogen-bond donors (Lipinski definition) is 1. The van der Waals surface area contributed by atoms with Crippen molar-refractivity contribution in [3.8, 4) is 11.5 Å². The fourth-order valence-electron chi connectivity index (χ4n) is 4.03. The summed E-state index contributed by atoms with van der Waals surface area (Å²) in [5.74, 6) is 1.90. The maximum Gasteiger partial charge on any atom is 0.232 e. The summed E-state index contributed by atoms with van der Waals surface area (Å²) in [4.78, 5) is 14.0. The number of rotatable bonds is 9. The van der Waals surface area contributed by atoms with E-state index in [4.69, 9.17) is 32.7 Å². The number of hydrogen-bond acceptors (Lipinski definition) is 7. The number of anilines is 5. The third-order valence-corrected chi connectivity index (χ3v) is 6.37. The van der Waals surface area contributed by atoms with Gasteiger partial charge in [-0.15, -0.1) is 0 Å². The van der Waals surface area contributed by atoms with Gasteiger partial charge in [-0.25, -0.2) is 0 Å². The Balaban J connectivity index is 1.33. The highest BCUT2D eigenvalue weighted by atomic mass is 35.5. The van der Waals surface area contributed by atoms with Crippen molar-refractivity contribution < 1.29 is 9.47 Å². The third kappa shape index (κ3) is 6.69. The number of nitrogens with one attached hydrogen (secondary N) is 1. The predicted octanol–water partition coefficient (Wildman–Crippen LogP) is 8.58. The molecule has 0 aliphatic rings. The smallest absolute Gasteiger partial charge is 0.232 e. The van der Waals surface area contributed by atoms with Gasteiger partial charge in [0.2, 0.25) is 16.5 Å². The van der Waals surface area contributed by atoms with Crippen molar-refractivity contribution in [2.45, 2.75) is 0 Å². The molecule has 0 fully saturated rings. The van der Waals surface area contributed by atoms with Crippen molar-refractivity contribution in [1.82, 2.24) is 15.0 Å². The van der Waals surface area contributed by atoms with E-state index in [0.29, 0.717) is 0 Å². The maximum atomic E-state index is 5.85. The average Bonchev–Trinajstić information content (AvgIpc) is 2.98. The Morgan fingerprint density at radius 3 is 1.40 bits per heavy atom. The number of ether oxygens (including phenoxy) is 2. The second-order valence-corrected chi connectivity index (χ2v) is 9.28. The zero-order valence-corrected chi connectivity index (χ0v) is 23.3. The van der Waals surface area contributed by atoms with Crippen LogP contribution in [0.4, 0.5) is 28.7 Å². The van der Waals surface area contributed by atoms with Crippen molar-refractivity contribution in [1.29, 1.82) is 0 Å². The molecule has 4 aromatic carbocycles. The molecule has 0 unspecified atom stereocenters. The summed E-state index contributed by atoms with van der Waals surface area (Å²) in [6, 6.07) is 32.2. The van der Waals surface area contributed by atoms with Gasteiger partial charge in [-0.1, -0.05) is 36.4 Å². The van der Waals surface area contributed by atoms with Crippen LogP contribution in [-0.4, -0.2) is 29.2 Å². The van der Waals surface area contributed by atoms with Gasteiger partial charge in [0, 0.05) is 22.7 Å². The summed E-state index contributed by atoms with van der Waals surface area (Å²) in [6.07, 6.45) is 4.13. The largest absolute Gasteiger partial charge is 0.497 e. The van der Waals surface area contributed by atoms with Crippen LogP contribution < -0.4 is 19.7 Å². The molecule has 9 heteroatoms. The van der Waals surface area contributed by atoms with Crippen molar-refractivity contribution in [3.63, 3.8) is 0 Å². The highest BCUT2D eigenvalue weighted by Gasteiger charge is 2.13. The van der Waals surface area contributed by atoms with Gasteiger partial charge >= 0.3 is 0 Å². The summed E-state index contributed by atoms with van der Waals surface area (Å²) in [5, 5.41) is 3.13. The van der Waals surface area contributed by atoms with Crippen LogP contribution in [-0.2, 0) is 0 Å². The van der Waals surface area contributed by atoms with E-state index in [1.54, 1.807) is 14.2 Å². The molecule has 1 N–H and O–H groups in total. The fraction of sp³-hybridized carbons (Fsp3) is 0.0645. The van der Waals surface area contributed by atoms with Crippen LogP contribution in [0.15, 0.2) is 97.1 Å². The first kappa shape index (κ1) is 27.0. The minimum absolute atomic E-state index is 0.0317. The molecule has 0 amide bonds. The van der Waals surface area contributed by atoms with Gasteiger partial charge in [0.25, 0.3) is 0 Å².